The first-order valence-corrected chi connectivity index (χ1v) is 9.32. The van der Waals surface area contributed by atoms with Gasteiger partial charge in [-0.15, -0.1) is 0 Å². The zero-order chi connectivity index (χ0) is 20.1. The van der Waals surface area contributed by atoms with Gasteiger partial charge < -0.3 is 4.90 Å². The first kappa shape index (κ1) is 19.7. The fourth-order valence-electron chi connectivity index (χ4n) is 2.82. The average Bonchev–Trinajstić information content (AvgIpc) is 2.73. The zero-order valence-electron chi connectivity index (χ0n) is 15.7. The van der Waals surface area contributed by atoms with Crippen molar-refractivity contribution in [1.82, 2.24) is 9.97 Å². The summed E-state index contributed by atoms with van der Waals surface area (Å²) in [6, 6.07) is 12.6. The third-order valence-electron chi connectivity index (χ3n) is 4.49. The standard InChI is InChI=1S/C22H20ClN3O2/c1-3-22(28)26(2)17-5-6-18(19(23)13-17)16-4-7-20(25-14-16)21(27)12-15-8-10-24-11-9-15/h4-11,13-14H,3,12H2,1-2H3. The van der Waals surface area contributed by atoms with E-state index in [4.69, 9.17) is 11.6 Å². The number of benzene rings is 1. The molecule has 5 nitrogen and oxygen atoms in total. The highest BCUT2D eigenvalue weighted by Crippen LogP contribution is 2.31. The molecule has 3 aromatic rings. The van der Waals surface area contributed by atoms with Gasteiger partial charge in [-0.05, 0) is 35.9 Å². The van der Waals surface area contributed by atoms with Gasteiger partial charge in [0.1, 0.15) is 5.69 Å². The second-order valence-electron chi connectivity index (χ2n) is 6.36. The van der Waals surface area contributed by atoms with Crippen molar-refractivity contribution >= 4 is 29.0 Å². The highest BCUT2D eigenvalue weighted by Gasteiger charge is 2.13. The molecule has 0 spiro atoms. The van der Waals surface area contributed by atoms with Crippen molar-refractivity contribution in [2.75, 3.05) is 11.9 Å². The lowest BCUT2D eigenvalue weighted by Gasteiger charge is -2.17. The van der Waals surface area contributed by atoms with E-state index in [1.807, 2.05) is 37.3 Å². The number of carbonyl (C=O) groups excluding carboxylic acids is 2. The maximum atomic E-state index is 12.4. The summed E-state index contributed by atoms with van der Waals surface area (Å²) in [6.45, 7) is 1.82. The lowest BCUT2D eigenvalue weighted by molar-refractivity contribution is -0.118. The van der Waals surface area contributed by atoms with Crippen LogP contribution in [-0.2, 0) is 11.2 Å². The van der Waals surface area contributed by atoms with Crippen molar-refractivity contribution < 1.29 is 9.59 Å². The third-order valence-corrected chi connectivity index (χ3v) is 4.80. The number of nitrogens with zero attached hydrogens (tertiary/aromatic N) is 3. The molecule has 6 heteroatoms. The van der Waals surface area contributed by atoms with Crippen LogP contribution in [0.3, 0.4) is 0 Å². The van der Waals surface area contributed by atoms with Crippen LogP contribution in [0.5, 0.6) is 0 Å². The normalized spacial score (nSPS) is 10.5. The highest BCUT2D eigenvalue weighted by molar-refractivity contribution is 6.33. The molecule has 2 heterocycles. The van der Waals surface area contributed by atoms with Gasteiger partial charge in [-0.25, -0.2) is 0 Å². The number of anilines is 1. The van der Waals surface area contributed by atoms with E-state index in [1.165, 1.54) is 0 Å². The topological polar surface area (TPSA) is 63.2 Å². The van der Waals surface area contributed by atoms with E-state index < -0.39 is 0 Å². The first-order chi connectivity index (χ1) is 13.5. The van der Waals surface area contributed by atoms with E-state index in [9.17, 15) is 9.59 Å². The molecule has 0 saturated carbocycles. The molecular weight excluding hydrogens is 374 g/mol. The molecule has 0 N–H and O–H groups in total. The molecule has 0 aliphatic carbocycles. The molecule has 0 fully saturated rings. The lowest BCUT2D eigenvalue weighted by atomic mass is 10.0. The van der Waals surface area contributed by atoms with Gasteiger partial charge >= 0.3 is 0 Å². The number of carbonyl (C=O) groups is 2. The van der Waals surface area contributed by atoms with Crippen molar-refractivity contribution in [1.29, 1.82) is 0 Å². The minimum absolute atomic E-state index is 0.0162. The zero-order valence-corrected chi connectivity index (χ0v) is 16.5. The summed E-state index contributed by atoms with van der Waals surface area (Å²) in [4.78, 5) is 34.1. The van der Waals surface area contributed by atoms with Crippen molar-refractivity contribution in [3.05, 3.63) is 77.3 Å². The minimum atomic E-state index is -0.0566. The van der Waals surface area contributed by atoms with Gasteiger partial charge in [0.15, 0.2) is 5.78 Å². The predicted octanol–water partition coefficient (Wildman–Crippen LogP) is 4.60. The van der Waals surface area contributed by atoms with Crippen LogP contribution in [0.15, 0.2) is 61.1 Å². The van der Waals surface area contributed by atoms with Crippen LogP contribution in [0.4, 0.5) is 5.69 Å². The van der Waals surface area contributed by atoms with Crippen LogP contribution in [0.1, 0.15) is 29.4 Å². The Morgan fingerprint density at radius 1 is 1.07 bits per heavy atom. The van der Waals surface area contributed by atoms with E-state index >= 15 is 0 Å². The molecule has 0 unspecified atom stereocenters. The summed E-state index contributed by atoms with van der Waals surface area (Å²) in [5, 5.41) is 0.519. The van der Waals surface area contributed by atoms with Crippen LogP contribution < -0.4 is 4.90 Å². The quantitative estimate of drug-likeness (QED) is 0.574. The number of hydrogen-bond acceptors (Lipinski definition) is 4. The summed E-state index contributed by atoms with van der Waals surface area (Å²) >= 11 is 6.43. The molecule has 0 radical (unpaired) electrons. The number of rotatable bonds is 6. The van der Waals surface area contributed by atoms with Crippen molar-refractivity contribution in [2.45, 2.75) is 19.8 Å². The molecule has 142 valence electrons. The number of pyridine rings is 2. The molecule has 0 bridgehead atoms. The monoisotopic (exact) mass is 393 g/mol. The van der Waals surface area contributed by atoms with Gasteiger partial charge in [-0.3, -0.25) is 19.6 Å². The van der Waals surface area contributed by atoms with Crippen LogP contribution in [-0.4, -0.2) is 28.7 Å². The number of ketones is 1. The predicted molar refractivity (Wildman–Crippen MR) is 111 cm³/mol. The molecular formula is C22H20ClN3O2. The van der Waals surface area contributed by atoms with Crippen molar-refractivity contribution in [3.8, 4) is 11.1 Å². The van der Waals surface area contributed by atoms with Gasteiger partial charge in [0.2, 0.25) is 5.91 Å². The Morgan fingerprint density at radius 3 is 2.43 bits per heavy atom. The molecule has 1 amide bonds. The Kier molecular flexibility index (Phi) is 6.16. The second kappa shape index (κ2) is 8.76. The van der Waals surface area contributed by atoms with Crippen molar-refractivity contribution in [3.63, 3.8) is 0 Å². The largest absolute Gasteiger partial charge is 0.315 e. The SMILES string of the molecule is CCC(=O)N(C)c1ccc(-c2ccc(C(=O)Cc3ccncc3)nc2)c(Cl)c1. The fraction of sp³-hybridized carbons (Fsp3) is 0.182. The molecule has 0 atom stereocenters. The summed E-state index contributed by atoms with van der Waals surface area (Å²) in [5.74, 6) is -0.0403. The van der Waals surface area contributed by atoms with Gasteiger partial charge in [-0.1, -0.05) is 30.7 Å². The Labute approximate surface area is 169 Å². The van der Waals surface area contributed by atoms with E-state index in [0.717, 1.165) is 22.4 Å². The smallest absolute Gasteiger partial charge is 0.226 e. The van der Waals surface area contributed by atoms with E-state index in [1.54, 1.807) is 42.7 Å². The lowest BCUT2D eigenvalue weighted by Crippen LogP contribution is -2.24. The van der Waals surface area contributed by atoms with Crippen molar-refractivity contribution in [2.24, 2.45) is 0 Å². The van der Waals surface area contributed by atoms with Crippen LogP contribution in [0.25, 0.3) is 11.1 Å². The summed E-state index contributed by atoms with van der Waals surface area (Å²) in [6.07, 6.45) is 5.67. The van der Waals surface area contributed by atoms with Crippen LogP contribution >= 0.6 is 11.6 Å². The number of aromatic nitrogens is 2. The molecule has 2 aromatic heterocycles. The van der Waals surface area contributed by atoms with Gasteiger partial charge in [0.05, 0.1) is 5.02 Å². The second-order valence-corrected chi connectivity index (χ2v) is 6.77. The molecule has 0 aliphatic rings. The Balaban J connectivity index is 1.78. The van der Waals surface area contributed by atoms with Gasteiger partial charge in [-0.2, -0.15) is 0 Å². The van der Waals surface area contributed by atoms with Crippen LogP contribution in [0.2, 0.25) is 5.02 Å². The molecule has 1 aromatic carbocycles. The Hall–Kier alpha value is -3.05. The minimum Gasteiger partial charge on any atom is -0.315 e. The maximum absolute atomic E-state index is 12.4. The summed E-state index contributed by atoms with van der Waals surface area (Å²) < 4.78 is 0. The maximum Gasteiger partial charge on any atom is 0.226 e. The highest BCUT2D eigenvalue weighted by atomic mass is 35.5. The number of amides is 1. The number of hydrogen-bond donors (Lipinski definition) is 0. The number of Topliss-reactive ketones (excluding diaryl/α,β-unsaturated/α-hetero) is 1. The molecule has 0 saturated heterocycles. The van der Waals surface area contributed by atoms with E-state index in [-0.39, 0.29) is 18.1 Å². The van der Waals surface area contributed by atoms with E-state index in [2.05, 4.69) is 9.97 Å². The molecule has 28 heavy (non-hydrogen) atoms. The number of halogens is 1. The Bertz CT molecular complexity index is 988. The first-order valence-electron chi connectivity index (χ1n) is 8.94. The fourth-order valence-corrected chi connectivity index (χ4v) is 3.11. The average molecular weight is 394 g/mol. The molecule has 0 aliphatic heterocycles. The van der Waals surface area contributed by atoms with Crippen LogP contribution in [0, 0.1) is 0 Å². The summed E-state index contributed by atoms with van der Waals surface area (Å²) in [5.41, 5.74) is 3.64. The molecule has 3 rings (SSSR count). The van der Waals surface area contributed by atoms with Gasteiger partial charge in [0, 0.05) is 55.3 Å². The van der Waals surface area contributed by atoms with Gasteiger partial charge in [0.25, 0.3) is 0 Å². The Morgan fingerprint density at radius 2 is 1.82 bits per heavy atom. The summed E-state index contributed by atoms with van der Waals surface area (Å²) in [7, 11) is 1.72. The third kappa shape index (κ3) is 4.43. The van der Waals surface area contributed by atoms with E-state index in [0.29, 0.717) is 17.1 Å².